The number of benzene rings is 1. The molecule has 0 saturated carbocycles. The van der Waals surface area contributed by atoms with E-state index in [0.717, 1.165) is 18.7 Å². The van der Waals surface area contributed by atoms with Crippen LogP contribution in [0, 0.1) is 5.92 Å². The van der Waals surface area contributed by atoms with Crippen LogP contribution in [0.15, 0.2) is 24.3 Å². The summed E-state index contributed by atoms with van der Waals surface area (Å²) in [6, 6.07) is 7.68. The maximum atomic E-state index is 12.0. The van der Waals surface area contributed by atoms with Gasteiger partial charge in [0.15, 0.2) is 0 Å². The molecule has 0 aliphatic heterocycles. The number of aliphatic hydroxyl groups is 1. The normalized spacial score (nSPS) is 11.1. The van der Waals surface area contributed by atoms with Crippen LogP contribution in [0.25, 0.3) is 0 Å². The SMILES string of the molecule is CCN(CCO)Cc1cccc(C(=O)NCC(C)C)c1. The minimum absolute atomic E-state index is 0.0224. The molecule has 0 atom stereocenters. The number of carbonyl (C=O) groups excluding carboxylic acids is 1. The summed E-state index contributed by atoms with van der Waals surface area (Å²) >= 11 is 0. The molecule has 2 N–H and O–H groups in total. The average Bonchev–Trinajstić information content (AvgIpc) is 2.44. The van der Waals surface area contributed by atoms with E-state index < -0.39 is 0 Å². The first-order chi connectivity index (χ1) is 9.56. The van der Waals surface area contributed by atoms with E-state index in [2.05, 4.69) is 31.0 Å². The number of hydrogen-bond donors (Lipinski definition) is 2. The summed E-state index contributed by atoms with van der Waals surface area (Å²) in [6.45, 7) is 9.34. The first-order valence-electron chi connectivity index (χ1n) is 7.27. The van der Waals surface area contributed by atoms with Crippen molar-refractivity contribution in [2.45, 2.75) is 27.3 Å². The van der Waals surface area contributed by atoms with E-state index in [4.69, 9.17) is 5.11 Å². The number of amides is 1. The third kappa shape index (κ3) is 5.72. The summed E-state index contributed by atoms with van der Waals surface area (Å²) in [5.74, 6) is 0.424. The fourth-order valence-corrected chi connectivity index (χ4v) is 1.96. The van der Waals surface area contributed by atoms with Crippen LogP contribution in [0.3, 0.4) is 0 Å². The second-order valence-corrected chi connectivity index (χ2v) is 5.40. The smallest absolute Gasteiger partial charge is 0.251 e. The molecular weight excluding hydrogens is 252 g/mol. The third-order valence-electron chi connectivity index (χ3n) is 3.13. The summed E-state index contributed by atoms with van der Waals surface area (Å²) in [5.41, 5.74) is 1.79. The van der Waals surface area contributed by atoms with E-state index in [-0.39, 0.29) is 12.5 Å². The third-order valence-corrected chi connectivity index (χ3v) is 3.13. The molecule has 0 spiro atoms. The Morgan fingerprint density at radius 3 is 2.75 bits per heavy atom. The van der Waals surface area contributed by atoms with Gasteiger partial charge in [-0.2, -0.15) is 0 Å². The van der Waals surface area contributed by atoms with Crippen molar-refractivity contribution in [3.8, 4) is 0 Å². The summed E-state index contributed by atoms with van der Waals surface area (Å²) in [7, 11) is 0. The molecule has 1 aromatic rings. The highest BCUT2D eigenvalue weighted by Gasteiger charge is 2.08. The first-order valence-corrected chi connectivity index (χ1v) is 7.27. The molecular formula is C16H26N2O2. The standard InChI is InChI=1S/C16H26N2O2/c1-4-18(8-9-19)12-14-6-5-7-15(10-14)16(20)17-11-13(2)3/h5-7,10,13,19H,4,8-9,11-12H2,1-3H3,(H,17,20). The first kappa shape index (κ1) is 16.7. The van der Waals surface area contributed by atoms with Crippen LogP contribution in [0.4, 0.5) is 0 Å². The van der Waals surface area contributed by atoms with Gasteiger partial charge >= 0.3 is 0 Å². The molecule has 20 heavy (non-hydrogen) atoms. The van der Waals surface area contributed by atoms with Gasteiger partial charge in [0.1, 0.15) is 0 Å². The van der Waals surface area contributed by atoms with Crippen LogP contribution < -0.4 is 5.32 Å². The zero-order chi connectivity index (χ0) is 15.0. The Hall–Kier alpha value is -1.39. The van der Waals surface area contributed by atoms with Crippen LogP contribution >= 0.6 is 0 Å². The highest BCUT2D eigenvalue weighted by Crippen LogP contribution is 2.08. The molecule has 4 heteroatoms. The Balaban J connectivity index is 2.67. The van der Waals surface area contributed by atoms with Gasteiger partial charge in [0.2, 0.25) is 0 Å². The number of aliphatic hydroxyl groups excluding tert-OH is 1. The molecule has 0 saturated heterocycles. The minimum Gasteiger partial charge on any atom is -0.395 e. The van der Waals surface area contributed by atoms with Gasteiger partial charge in [-0.1, -0.05) is 32.9 Å². The maximum absolute atomic E-state index is 12.0. The van der Waals surface area contributed by atoms with Crippen molar-refractivity contribution in [1.29, 1.82) is 0 Å². The van der Waals surface area contributed by atoms with Crippen molar-refractivity contribution in [2.75, 3.05) is 26.2 Å². The number of rotatable bonds is 8. The molecule has 0 heterocycles. The molecule has 0 unspecified atom stereocenters. The van der Waals surface area contributed by atoms with Gasteiger partial charge in [-0.15, -0.1) is 0 Å². The van der Waals surface area contributed by atoms with Crippen molar-refractivity contribution in [3.63, 3.8) is 0 Å². The second-order valence-electron chi connectivity index (χ2n) is 5.40. The predicted octanol–water partition coefficient (Wildman–Crippen LogP) is 1.89. The second kappa shape index (κ2) is 8.72. The van der Waals surface area contributed by atoms with E-state index in [1.54, 1.807) is 0 Å². The Labute approximate surface area is 121 Å². The van der Waals surface area contributed by atoms with E-state index >= 15 is 0 Å². The lowest BCUT2D eigenvalue weighted by Crippen LogP contribution is -2.28. The molecule has 1 aromatic carbocycles. The van der Waals surface area contributed by atoms with Gasteiger partial charge in [0.25, 0.3) is 5.91 Å². The van der Waals surface area contributed by atoms with E-state index in [9.17, 15) is 4.79 Å². The summed E-state index contributed by atoms with van der Waals surface area (Å²) in [4.78, 5) is 14.2. The van der Waals surface area contributed by atoms with Gasteiger partial charge in [0, 0.05) is 25.2 Å². The van der Waals surface area contributed by atoms with Crippen molar-refractivity contribution in [1.82, 2.24) is 10.2 Å². The number of hydrogen-bond acceptors (Lipinski definition) is 3. The quantitative estimate of drug-likeness (QED) is 0.763. The van der Waals surface area contributed by atoms with Crippen molar-refractivity contribution >= 4 is 5.91 Å². The molecule has 112 valence electrons. The van der Waals surface area contributed by atoms with E-state index in [0.29, 0.717) is 24.6 Å². The number of likely N-dealkylation sites (N-methyl/N-ethyl adjacent to an activating group) is 1. The minimum atomic E-state index is -0.0224. The van der Waals surface area contributed by atoms with Crippen molar-refractivity contribution in [3.05, 3.63) is 35.4 Å². The summed E-state index contributed by atoms with van der Waals surface area (Å²) in [5, 5.41) is 11.9. The molecule has 1 amide bonds. The van der Waals surface area contributed by atoms with Crippen molar-refractivity contribution < 1.29 is 9.90 Å². The fourth-order valence-electron chi connectivity index (χ4n) is 1.96. The molecule has 0 fully saturated rings. The number of carbonyl (C=O) groups is 1. The predicted molar refractivity (Wildman–Crippen MR) is 81.7 cm³/mol. The van der Waals surface area contributed by atoms with Gasteiger partial charge < -0.3 is 10.4 Å². The fraction of sp³-hybridized carbons (Fsp3) is 0.562. The van der Waals surface area contributed by atoms with Crippen LogP contribution in [0.2, 0.25) is 0 Å². The van der Waals surface area contributed by atoms with Crippen LogP contribution in [0.1, 0.15) is 36.7 Å². The zero-order valence-corrected chi connectivity index (χ0v) is 12.7. The molecule has 0 bridgehead atoms. The highest BCUT2D eigenvalue weighted by atomic mass is 16.3. The Morgan fingerprint density at radius 2 is 2.15 bits per heavy atom. The summed E-state index contributed by atoms with van der Waals surface area (Å²) in [6.07, 6.45) is 0. The number of nitrogens with zero attached hydrogens (tertiary/aromatic N) is 1. The molecule has 4 nitrogen and oxygen atoms in total. The monoisotopic (exact) mass is 278 g/mol. The summed E-state index contributed by atoms with van der Waals surface area (Å²) < 4.78 is 0. The lowest BCUT2D eigenvalue weighted by atomic mass is 10.1. The Bertz CT molecular complexity index is 419. The number of nitrogens with one attached hydrogen (secondary N) is 1. The Kier molecular flexibility index (Phi) is 7.26. The highest BCUT2D eigenvalue weighted by molar-refractivity contribution is 5.94. The molecule has 0 radical (unpaired) electrons. The Morgan fingerprint density at radius 1 is 1.40 bits per heavy atom. The topological polar surface area (TPSA) is 52.6 Å². The van der Waals surface area contributed by atoms with Gasteiger partial charge in [-0.3, -0.25) is 9.69 Å². The lowest BCUT2D eigenvalue weighted by Gasteiger charge is -2.19. The molecule has 0 aliphatic rings. The van der Waals surface area contributed by atoms with Gasteiger partial charge in [0.05, 0.1) is 6.61 Å². The molecule has 0 aliphatic carbocycles. The maximum Gasteiger partial charge on any atom is 0.251 e. The van der Waals surface area contributed by atoms with Crippen LogP contribution in [0.5, 0.6) is 0 Å². The van der Waals surface area contributed by atoms with Gasteiger partial charge in [-0.25, -0.2) is 0 Å². The van der Waals surface area contributed by atoms with E-state index in [1.165, 1.54) is 0 Å². The van der Waals surface area contributed by atoms with Crippen LogP contribution in [-0.4, -0.2) is 42.2 Å². The average molecular weight is 278 g/mol. The lowest BCUT2D eigenvalue weighted by molar-refractivity contribution is 0.0948. The van der Waals surface area contributed by atoms with E-state index in [1.807, 2.05) is 24.3 Å². The zero-order valence-electron chi connectivity index (χ0n) is 12.7. The van der Waals surface area contributed by atoms with Crippen LogP contribution in [-0.2, 0) is 6.54 Å². The van der Waals surface area contributed by atoms with Gasteiger partial charge in [-0.05, 0) is 30.2 Å². The largest absolute Gasteiger partial charge is 0.395 e. The molecule has 0 aromatic heterocycles. The van der Waals surface area contributed by atoms with Crippen molar-refractivity contribution in [2.24, 2.45) is 5.92 Å². The molecule has 1 rings (SSSR count).